The normalized spacial score (nSPS) is 30.1. The van der Waals surface area contributed by atoms with Gasteiger partial charge < -0.3 is 5.73 Å². The minimum atomic E-state index is -0.0976. The van der Waals surface area contributed by atoms with Crippen LogP contribution in [0.2, 0.25) is 0 Å². The zero-order valence-electron chi connectivity index (χ0n) is 8.97. The van der Waals surface area contributed by atoms with E-state index in [0.717, 1.165) is 12.8 Å². The smallest absolute Gasteiger partial charge is 0.220 e. The van der Waals surface area contributed by atoms with Gasteiger partial charge >= 0.3 is 0 Å². The van der Waals surface area contributed by atoms with Crippen LogP contribution in [0.25, 0.3) is 0 Å². The van der Waals surface area contributed by atoms with Crippen LogP contribution >= 0.6 is 0 Å². The molecule has 0 radical (unpaired) electrons. The van der Waals surface area contributed by atoms with Gasteiger partial charge in [-0.3, -0.25) is 4.79 Å². The van der Waals surface area contributed by atoms with E-state index in [4.69, 9.17) is 5.73 Å². The third-order valence-electron chi connectivity index (χ3n) is 3.24. The van der Waals surface area contributed by atoms with Gasteiger partial charge in [-0.25, -0.2) is 0 Å². The zero-order chi connectivity index (χ0) is 10.1. The highest BCUT2D eigenvalue weighted by molar-refractivity contribution is 5.77. The first-order valence-corrected chi connectivity index (χ1v) is 5.22. The number of rotatable bonds is 1. The molecular formula is C11H21NO. The van der Waals surface area contributed by atoms with Crippen molar-refractivity contribution in [2.75, 3.05) is 0 Å². The molecule has 0 bridgehead atoms. The van der Waals surface area contributed by atoms with E-state index in [1.165, 1.54) is 12.8 Å². The molecule has 0 aromatic carbocycles. The fourth-order valence-corrected chi connectivity index (χ4v) is 2.51. The lowest BCUT2D eigenvalue weighted by atomic mass is 9.66. The first-order chi connectivity index (χ1) is 5.93. The molecule has 2 heteroatoms. The molecule has 0 saturated heterocycles. The largest absolute Gasteiger partial charge is 0.369 e. The number of amides is 1. The fraction of sp³-hybridized carbons (Fsp3) is 0.909. The van der Waals surface area contributed by atoms with Gasteiger partial charge in [-0.05, 0) is 24.2 Å². The van der Waals surface area contributed by atoms with E-state index >= 15 is 0 Å². The van der Waals surface area contributed by atoms with E-state index in [1.807, 2.05) is 0 Å². The fourth-order valence-electron chi connectivity index (χ4n) is 2.51. The second-order valence-corrected chi connectivity index (χ2v) is 5.27. The minimum absolute atomic E-state index is 0.0976. The first-order valence-electron chi connectivity index (χ1n) is 5.22. The van der Waals surface area contributed by atoms with Crippen molar-refractivity contribution < 1.29 is 4.79 Å². The van der Waals surface area contributed by atoms with Crippen molar-refractivity contribution in [3.63, 3.8) is 0 Å². The Morgan fingerprint density at radius 1 is 1.23 bits per heavy atom. The highest BCUT2D eigenvalue weighted by Crippen LogP contribution is 2.41. The number of carbonyl (C=O) groups is 1. The van der Waals surface area contributed by atoms with Gasteiger partial charge in [0, 0.05) is 5.92 Å². The molecule has 1 aliphatic carbocycles. The summed E-state index contributed by atoms with van der Waals surface area (Å²) >= 11 is 0. The summed E-state index contributed by atoms with van der Waals surface area (Å²) in [4.78, 5) is 11.2. The van der Waals surface area contributed by atoms with Crippen LogP contribution in [-0.4, -0.2) is 5.91 Å². The van der Waals surface area contributed by atoms with Gasteiger partial charge in [-0.2, -0.15) is 0 Å². The Balaban J connectivity index is 2.73. The maximum Gasteiger partial charge on any atom is 0.220 e. The number of primary amides is 1. The van der Waals surface area contributed by atoms with Crippen LogP contribution < -0.4 is 5.73 Å². The van der Waals surface area contributed by atoms with Crippen LogP contribution in [0.5, 0.6) is 0 Å². The second-order valence-electron chi connectivity index (χ2n) is 5.27. The molecule has 0 unspecified atom stereocenters. The number of hydrogen-bond acceptors (Lipinski definition) is 1. The molecule has 0 spiro atoms. The lowest BCUT2D eigenvalue weighted by molar-refractivity contribution is -0.126. The van der Waals surface area contributed by atoms with Crippen molar-refractivity contribution in [3.8, 4) is 0 Å². The number of carbonyl (C=O) groups excluding carboxylic acids is 1. The topological polar surface area (TPSA) is 43.1 Å². The molecule has 1 aliphatic rings. The molecular weight excluding hydrogens is 162 g/mol. The predicted octanol–water partition coefficient (Wildman–Crippen LogP) is 2.32. The van der Waals surface area contributed by atoms with Crippen LogP contribution in [0, 0.1) is 17.3 Å². The third-order valence-corrected chi connectivity index (χ3v) is 3.24. The van der Waals surface area contributed by atoms with Crippen molar-refractivity contribution in [2.45, 2.75) is 46.5 Å². The summed E-state index contributed by atoms with van der Waals surface area (Å²) in [5.41, 5.74) is 5.64. The van der Waals surface area contributed by atoms with Crippen molar-refractivity contribution in [2.24, 2.45) is 23.0 Å². The summed E-state index contributed by atoms with van der Waals surface area (Å²) in [6, 6.07) is 0. The lowest BCUT2D eigenvalue weighted by Crippen LogP contribution is -2.38. The number of nitrogens with two attached hydrogens (primary N) is 1. The third kappa shape index (κ3) is 2.45. The quantitative estimate of drug-likeness (QED) is 0.666. The van der Waals surface area contributed by atoms with E-state index in [1.54, 1.807) is 0 Å². The first kappa shape index (κ1) is 10.6. The molecule has 0 aromatic heterocycles. The van der Waals surface area contributed by atoms with Crippen LogP contribution in [0.15, 0.2) is 0 Å². The predicted molar refractivity (Wildman–Crippen MR) is 54.1 cm³/mol. The Morgan fingerprint density at radius 3 is 2.15 bits per heavy atom. The van der Waals surface area contributed by atoms with Crippen molar-refractivity contribution in [1.82, 2.24) is 0 Å². The van der Waals surface area contributed by atoms with Crippen molar-refractivity contribution >= 4 is 5.91 Å². The summed E-state index contributed by atoms with van der Waals surface area (Å²) < 4.78 is 0. The molecule has 1 fully saturated rings. The van der Waals surface area contributed by atoms with Gasteiger partial charge in [0.05, 0.1) is 0 Å². The van der Waals surface area contributed by atoms with Crippen LogP contribution in [-0.2, 0) is 4.79 Å². The van der Waals surface area contributed by atoms with E-state index in [-0.39, 0.29) is 17.2 Å². The lowest BCUT2D eigenvalue weighted by Gasteiger charge is -2.38. The van der Waals surface area contributed by atoms with Gasteiger partial charge in [0.1, 0.15) is 0 Å². The maximum absolute atomic E-state index is 11.2. The highest BCUT2D eigenvalue weighted by atomic mass is 16.1. The Morgan fingerprint density at radius 2 is 1.77 bits per heavy atom. The molecule has 0 aromatic rings. The monoisotopic (exact) mass is 183 g/mol. The molecule has 13 heavy (non-hydrogen) atoms. The van der Waals surface area contributed by atoms with Gasteiger partial charge in [-0.15, -0.1) is 0 Å². The second kappa shape index (κ2) is 3.69. The Kier molecular flexibility index (Phi) is 2.99. The van der Waals surface area contributed by atoms with E-state index in [0.29, 0.717) is 5.92 Å². The zero-order valence-corrected chi connectivity index (χ0v) is 8.97. The number of hydrogen-bond donors (Lipinski definition) is 1. The molecule has 0 heterocycles. The van der Waals surface area contributed by atoms with Crippen LogP contribution in [0.1, 0.15) is 46.5 Å². The van der Waals surface area contributed by atoms with E-state index < -0.39 is 0 Å². The molecule has 1 amide bonds. The van der Waals surface area contributed by atoms with Gasteiger partial charge in [0.15, 0.2) is 0 Å². The average Bonchev–Trinajstić information content (AvgIpc) is 2.03. The Labute approximate surface area is 80.9 Å². The summed E-state index contributed by atoms with van der Waals surface area (Å²) in [6.07, 6.45) is 4.58. The molecule has 1 rings (SSSR count). The Bertz CT molecular complexity index is 193. The molecule has 2 atom stereocenters. The van der Waals surface area contributed by atoms with Crippen molar-refractivity contribution in [1.29, 1.82) is 0 Å². The average molecular weight is 183 g/mol. The van der Waals surface area contributed by atoms with Gasteiger partial charge in [-0.1, -0.05) is 33.6 Å². The minimum Gasteiger partial charge on any atom is -0.369 e. The standard InChI is InChI=1S/C11H21NO/c1-11(2,3)9-7-5-4-6-8(9)10(12)13/h8-9H,4-7H2,1-3H3,(H2,12,13)/t8-,9+/m0/s1. The highest BCUT2D eigenvalue weighted by Gasteiger charge is 2.36. The SMILES string of the molecule is CC(C)(C)[C@@H]1CCCC[C@@H]1C(N)=O. The van der Waals surface area contributed by atoms with Crippen LogP contribution in [0.3, 0.4) is 0 Å². The van der Waals surface area contributed by atoms with Gasteiger partial charge in [0.25, 0.3) is 0 Å². The maximum atomic E-state index is 11.2. The summed E-state index contributed by atoms with van der Waals surface area (Å²) in [5.74, 6) is 0.507. The van der Waals surface area contributed by atoms with E-state index in [9.17, 15) is 4.79 Å². The summed E-state index contributed by atoms with van der Waals surface area (Å²) in [7, 11) is 0. The summed E-state index contributed by atoms with van der Waals surface area (Å²) in [6.45, 7) is 6.62. The molecule has 2 nitrogen and oxygen atoms in total. The molecule has 1 saturated carbocycles. The van der Waals surface area contributed by atoms with Gasteiger partial charge in [0.2, 0.25) is 5.91 Å². The summed E-state index contributed by atoms with van der Waals surface area (Å²) in [5, 5.41) is 0. The molecule has 2 N–H and O–H groups in total. The molecule has 76 valence electrons. The Hall–Kier alpha value is -0.530. The molecule has 0 aliphatic heterocycles. The van der Waals surface area contributed by atoms with Crippen molar-refractivity contribution in [3.05, 3.63) is 0 Å². The van der Waals surface area contributed by atoms with Crippen LogP contribution in [0.4, 0.5) is 0 Å². The van der Waals surface area contributed by atoms with E-state index in [2.05, 4.69) is 20.8 Å².